The quantitative estimate of drug-likeness (QED) is 0.637. The molecular formula is C10H19NO4. The second kappa shape index (κ2) is 6.76. The Morgan fingerprint density at radius 1 is 1.53 bits per heavy atom. The van der Waals surface area contributed by atoms with Crippen molar-refractivity contribution in [3.8, 4) is 0 Å². The van der Waals surface area contributed by atoms with Crippen LogP contribution in [0.25, 0.3) is 0 Å². The van der Waals surface area contributed by atoms with E-state index in [-0.39, 0.29) is 12.4 Å². The molecule has 1 fully saturated rings. The molecule has 1 aliphatic rings. The Bertz CT molecular complexity index is 192. The van der Waals surface area contributed by atoms with Gasteiger partial charge in [0, 0.05) is 19.6 Å². The van der Waals surface area contributed by atoms with Crippen molar-refractivity contribution in [1.29, 1.82) is 0 Å². The molecule has 0 bridgehead atoms. The number of aliphatic hydroxyl groups excluding tert-OH is 1. The molecule has 0 aromatic rings. The number of morpholine rings is 1. The second-order valence-electron chi connectivity index (χ2n) is 3.68. The van der Waals surface area contributed by atoms with E-state index in [1.165, 1.54) is 7.11 Å². The molecule has 1 rings (SSSR count). The third-order valence-electron chi connectivity index (χ3n) is 2.51. The first-order chi connectivity index (χ1) is 7.22. The number of hydrogen-bond acceptors (Lipinski definition) is 5. The predicted octanol–water partition coefficient (Wildman–Crippen LogP) is -0.367. The number of hydrogen-bond donors (Lipinski definition) is 1. The highest BCUT2D eigenvalue weighted by Crippen LogP contribution is 2.03. The molecular weight excluding hydrogens is 198 g/mol. The molecule has 0 unspecified atom stereocenters. The van der Waals surface area contributed by atoms with Gasteiger partial charge in [-0.2, -0.15) is 0 Å². The summed E-state index contributed by atoms with van der Waals surface area (Å²) in [5.74, 6) is -0.357. The summed E-state index contributed by atoms with van der Waals surface area (Å²) in [7, 11) is 1.33. The maximum absolute atomic E-state index is 10.9. The summed E-state index contributed by atoms with van der Waals surface area (Å²) in [6, 6.07) is 0. The number of rotatable bonds is 5. The molecule has 1 aliphatic heterocycles. The summed E-state index contributed by atoms with van der Waals surface area (Å²) in [5.41, 5.74) is 0. The molecule has 1 N–H and O–H groups in total. The largest absolute Gasteiger partial charge is 0.469 e. The predicted molar refractivity (Wildman–Crippen MR) is 54.5 cm³/mol. The minimum Gasteiger partial charge on any atom is -0.469 e. The standard InChI is InChI=1S/C10H19NO4/c1-14-10(13)8-9(12)2-3-11-4-6-15-7-5-11/h9,12H,2-8H2,1H3/t9-/m1/s1. The van der Waals surface area contributed by atoms with Crippen LogP contribution >= 0.6 is 0 Å². The SMILES string of the molecule is COC(=O)C[C@H](O)CCN1CCOCC1. The van der Waals surface area contributed by atoms with E-state index in [0.29, 0.717) is 6.42 Å². The molecule has 1 heterocycles. The molecule has 0 aliphatic carbocycles. The fourth-order valence-corrected chi connectivity index (χ4v) is 1.53. The Labute approximate surface area is 90.0 Å². The maximum Gasteiger partial charge on any atom is 0.308 e. The molecule has 1 atom stereocenters. The third-order valence-corrected chi connectivity index (χ3v) is 2.51. The smallest absolute Gasteiger partial charge is 0.308 e. The minimum absolute atomic E-state index is 0.0842. The number of carbonyl (C=O) groups is 1. The summed E-state index contributed by atoms with van der Waals surface area (Å²) in [6.07, 6.45) is 0.0935. The molecule has 0 spiro atoms. The highest BCUT2D eigenvalue weighted by molar-refractivity contribution is 5.69. The Morgan fingerprint density at radius 3 is 2.80 bits per heavy atom. The zero-order valence-corrected chi connectivity index (χ0v) is 9.15. The minimum atomic E-state index is -0.597. The van der Waals surface area contributed by atoms with E-state index in [2.05, 4.69) is 9.64 Å². The van der Waals surface area contributed by atoms with Crippen LogP contribution in [-0.4, -0.2) is 62.0 Å². The van der Waals surface area contributed by atoms with Crippen molar-refractivity contribution in [2.24, 2.45) is 0 Å². The van der Waals surface area contributed by atoms with Gasteiger partial charge in [-0.1, -0.05) is 0 Å². The van der Waals surface area contributed by atoms with Crippen LogP contribution in [-0.2, 0) is 14.3 Å². The number of carbonyl (C=O) groups excluding carboxylic acids is 1. The molecule has 88 valence electrons. The topological polar surface area (TPSA) is 59.0 Å². The molecule has 5 nitrogen and oxygen atoms in total. The summed E-state index contributed by atoms with van der Waals surface area (Å²) in [4.78, 5) is 13.1. The number of nitrogens with zero attached hydrogens (tertiary/aromatic N) is 1. The zero-order valence-electron chi connectivity index (χ0n) is 9.15. The Morgan fingerprint density at radius 2 is 2.20 bits per heavy atom. The Balaban J connectivity index is 2.09. The van der Waals surface area contributed by atoms with Crippen LogP contribution in [0.5, 0.6) is 0 Å². The first-order valence-corrected chi connectivity index (χ1v) is 5.27. The van der Waals surface area contributed by atoms with Gasteiger partial charge in [-0.05, 0) is 6.42 Å². The van der Waals surface area contributed by atoms with E-state index in [4.69, 9.17) is 4.74 Å². The number of esters is 1. The summed E-state index contributed by atoms with van der Waals surface area (Å²) < 4.78 is 9.69. The van der Waals surface area contributed by atoms with Gasteiger partial charge in [0.05, 0.1) is 32.8 Å². The van der Waals surface area contributed by atoms with Gasteiger partial charge in [0.2, 0.25) is 0 Å². The maximum atomic E-state index is 10.9. The normalized spacial score (nSPS) is 19.9. The Hall–Kier alpha value is -0.650. The number of ether oxygens (including phenoxy) is 2. The van der Waals surface area contributed by atoms with Crippen molar-refractivity contribution in [2.45, 2.75) is 18.9 Å². The van der Waals surface area contributed by atoms with E-state index in [1.54, 1.807) is 0 Å². The van der Waals surface area contributed by atoms with Gasteiger partial charge in [0.1, 0.15) is 0 Å². The van der Waals surface area contributed by atoms with E-state index >= 15 is 0 Å². The molecule has 15 heavy (non-hydrogen) atoms. The van der Waals surface area contributed by atoms with Crippen molar-refractivity contribution in [1.82, 2.24) is 4.90 Å². The van der Waals surface area contributed by atoms with Gasteiger partial charge in [-0.25, -0.2) is 0 Å². The van der Waals surface area contributed by atoms with Crippen molar-refractivity contribution in [3.63, 3.8) is 0 Å². The van der Waals surface area contributed by atoms with Gasteiger partial charge in [-0.3, -0.25) is 9.69 Å². The van der Waals surface area contributed by atoms with Crippen molar-refractivity contribution in [2.75, 3.05) is 40.0 Å². The van der Waals surface area contributed by atoms with Crippen LogP contribution in [0.15, 0.2) is 0 Å². The first-order valence-electron chi connectivity index (χ1n) is 5.27. The van der Waals surface area contributed by atoms with Gasteiger partial charge < -0.3 is 14.6 Å². The van der Waals surface area contributed by atoms with Gasteiger partial charge in [-0.15, -0.1) is 0 Å². The lowest BCUT2D eigenvalue weighted by Gasteiger charge is -2.27. The van der Waals surface area contributed by atoms with Crippen molar-refractivity contribution >= 4 is 5.97 Å². The average Bonchev–Trinajstić information content (AvgIpc) is 2.27. The van der Waals surface area contributed by atoms with E-state index in [9.17, 15) is 9.90 Å². The van der Waals surface area contributed by atoms with Crippen LogP contribution < -0.4 is 0 Å². The number of methoxy groups -OCH3 is 1. The molecule has 0 saturated carbocycles. The summed E-state index contributed by atoms with van der Waals surface area (Å²) in [5, 5.41) is 9.52. The average molecular weight is 217 g/mol. The van der Waals surface area contributed by atoms with Crippen LogP contribution in [0.4, 0.5) is 0 Å². The molecule has 0 aromatic heterocycles. The first kappa shape index (κ1) is 12.4. The lowest BCUT2D eigenvalue weighted by atomic mass is 10.2. The van der Waals surface area contributed by atoms with Crippen molar-refractivity contribution < 1.29 is 19.4 Å². The van der Waals surface area contributed by atoms with Gasteiger partial charge >= 0.3 is 5.97 Å². The molecule has 5 heteroatoms. The van der Waals surface area contributed by atoms with Crippen LogP contribution in [0.3, 0.4) is 0 Å². The highest BCUT2D eigenvalue weighted by Gasteiger charge is 2.14. The summed E-state index contributed by atoms with van der Waals surface area (Å²) in [6.45, 7) is 4.14. The fraction of sp³-hybridized carbons (Fsp3) is 0.900. The molecule has 1 saturated heterocycles. The second-order valence-corrected chi connectivity index (χ2v) is 3.68. The van der Waals surface area contributed by atoms with Gasteiger partial charge in [0.25, 0.3) is 0 Å². The number of aliphatic hydroxyl groups is 1. The van der Waals surface area contributed by atoms with Gasteiger partial charge in [0.15, 0.2) is 0 Å². The van der Waals surface area contributed by atoms with Crippen molar-refractivity contribution in [3.05, 3.63) is 0 Å². The van der Waals surface area contributed by atoms with Crippen LogP contribution in [0, 0.1) is 0 Å². The van der Waals surface area contributed by atoms with Crippen LogP contribution in [0.1, 0.15) is 12.8 Å². The Kier molecular flexibility index (Phi) is 5.60. The summed E-state index contributed by atoms with van der Waals surface area (Å²) >= 11 is 0. The molecule has 0 radical (unpaired) electrons. The third kappa shape index (κ3) is 5.11. The molecule has 0 amide bonds. The molecule has 0 aromatic carbocycles. The van der Waals surface area contributed by atoms with E-state index < -0.39 is 6.10 Å². The lowest BCUT2D eigenvalue weighted by Crippen LogP contribution is -2.38. The van der Waals surface area contributed by atoms with E-state index in [1.807, 2.05) is 0 Å². The zero-order chi connectivity index (χ0) is 11.1. The lowest BCUT2D eigenvalue weighted by molar-refractivity contribution is -0.142. The van der Waals surface area contributed by atoms with E-state index in [0.717, 1.165) is 32.8 Å². The highest BCUT2D eigenvalue weighted by atomic mass is 16.5. The van der Waals surface area contributed by atoms with Crippen LogP contribution in [0.2, 0.25) is 0 Å². The monoisotopic (exact) mass is 217 g/mol. The fourth-order valence-electron chi connectivity index (χ4n) is 1.53.